The molecule has 110 valence electrons. The number of hydrogen-bond acceptors (Lipinski definition) is 4. The van der Waals surface area contributed by atoms with Crippen molar-refractivity contribution in [3.05, 3.63) is 38.3 Å². The van der Waals surface area contributed by atoms with E-state index in [1.54, 1.807) is 0 Å². The number of nitrogens with zero attached hydrogens (tertiary/aromatic N) is 1. The summed E-state index contributed by atoms with van der Waals surface area (Å²) in [6, 6.07) is 4.06. The van der Waals surface area contributed by atoms with E-state index in [-0.39, 0.29) is 29.7 Å². The van der Waals surface area contributed by atoms with Gasteiger partial charge in [-0.05, 0) is 34.3 Å². The van der Waals surface area contributed by atoms with Crippen LogP contribution in [-0.2, 0) is 0 Å². The molecule has 6 nitrogen and oxygen atoms in total. The largest absolute Gasteiger partial charge is 0.396 e. The molecule has 20 heavy (non-hydrogen) atoms. The van der Waals surface area contributed by atoms with Crippen molar-refractivity contribution in [2.24, 2.45) is 5.92 Å². The molecule has 0 aliphatic heterocycles. The zero-order valence-electron chi connectivity index (χ0n) is 11.1. The fourth-order valence-corrected chi connectivity index (χ4v) is 2.19. The maximum atomic E-state index is 12.0. The number of nitro benzene ring substituents is 1. The van der Waals surface area contributed by atoms with E-state index in [2.05, 4.69) is 21.2 Å². The van der Waals surface area contributed by atoms with Crippen LogP contribution in [0.4, 0.5) is 5.69 Å². The Kier molecular flexibility index (Phi) is 6.60. The number of non-ortho nitro benzene ring substituents is 1. The molecule has 1 unspecified atom stereocenters. The zero-order chi connectivity index (χ0) is 15.1. The molecule has 0 spiro atoms. The van der Waals surface area contributed by atoms with Gasteiger partial charge in [-0.2, -0.15) is 0 Å². The molecule has 0 bridgehead atoms. The third-order valence-corrected chi connectivity index (χ3v) is 3.76. The van der Waals surface area contributed by atoms with Crippen molar-refractivity contribution in [1.29, 1.82) is 0 Å². The third-order valence-electron chi connectivity index (χ3n) is 3.07. The SMILES string of the molecule is CCC(CCO)CNC(=O)c1cc([N+](=O)[O-])ccc1Br. The van der Waals surface area contributed by atoms with Gasteiger partial charge in [-0.1, -0.05) is 13.3 Å². The first-order chi connectivity index (χ1) is 9.49. The summed E-state index contributed by atoms with van der Waals surface area (Å²) >= 11 is 3.21. The van der Waals surface area contributed by atoms with Gasteiger partial charge in [0.15, 0.2) is 0 Å². The highest BCUT2D eigenvalue weighted by Crippen LogP contribution is 2.22. The van der Waals surface area contributed by atoms with Crippen LogP contribution in [0, 0.1) is 16.0 Å². The van der Waals surface area contributed by atoms with Gasteiger partial charge in [-0.3, -0.25) is 14.9 Å². The van der Waals surface area contributed by atoms with Crippen molar-refractivity contribution in [2.45, 2.75) is 19.8 Å². The fraction of sp³-hybridized carbons (Fsp3) is 0.462. The van der Waals surface area contributed by atoms with Gasteiger partial charge in [-0.15, -0.1) is 0 Å². The van der Waals surface area contributed by atoms with E-state index in [1.807, 2.05) is 6.92 Å². The molecule has 0 heterocycles. The normalized spacial score (nSPS) is 11.9. The van der Waals surface area contributed by atoms with E-state index in [0.717, 1.165) is 6.42 Å². The van der Waals surface area contributed by atoms with E-state index >= 15 is 0 Å². The van der Waals surface area contributed by atoms with Crippen molar-refractivity contribution in [2.75, 3.05) is 13.2 Å². The fourth-order valence-electron chi connectivity index (χ4n) is 1.77. The van der Waals surface area contributed by atoms with Crippen LogP contribution in [0.1, 0.15) is 30.1 Å². The van der Waals surface area contributed by atoms with Crippen LogP contribution in [0.3, 0.4) is 0 Å². The number of nitrogens with one attached hydrogen (secondary N) is 1. The van der Waals surface area contributed by atoms with Gasteiger partial charge in [0.1, 0.15) is 0 Å². The molecule has 2 N–H and O–H groups in total. The summed E-state index contributed by atoms with van der Waals surface area (Å²) in [7, 11) is 0. The number of halogens is 1. The molecule has 1 rings (SSSR count). The van der Waals surface area contributed by atoms with Crippen LogP contribution < -0.4 is 5.32 Å². The van der Waals surface area contributed by atoms with Gasteiger partial charge in [0.05, 0.1) is 10.5 Å². The summed E-state index contributed by atoms with van der Waals surface area (Å²) in [5.41, 5.74) is 0.110. The molecule has 1 atom stereocenters. The second kappa shape index (κ2) is 7.96. The lowest BCUT2D eigenvalue weighted by atomic mass is 10.0. The van der Waals surface area contributed by atoms with E-state index in [1.165, 1.54) is 18.2 Å². The zero-order valence-corrected chi connectivity index (χ0v) is 12.7. The highest BCUT2D eigenvalue weighted by molar-refractivity contribution is 9.10. The van der Waals surface area contributed by atoms with Crippen molar-refractivity contribution in [3.63, 3.8) is 0 Å². The standard InChI is InChI=1S/C13H17BrN2O4/c1-2-9(5-6-17)8-15-13(18)11-7-10(16(19)20)3-4-12(11)14/h3-4,7,9,17H,2,5-6,8H2,1H3,(H,15,18). The first-order valence-electron chi connectivity index (χ1n) is 6.32. The first kappa shape index (κ1) is 16.6. The van der Waals surface area contributed by atoms with Gasteiger partial charge < -0.3 is 10.4 Å². The van der Waals surface area contributed by atoms with Crippen molar-refractivity contribution < 1.29 is 14.8 Å². The number of amides is 1. The van der Waals surface area contributed by atoms with E-state index in [9.17, 15) is 14.9 Å². The molecule has 0 saturated carbocycles. The maximum Gasteiger partial charge on any atom is 0.270 e. The van der Waals surface area contributed by atoms with Crippen LogP contribution >= 0.6 is 15.9 Å². The number of carbonyl (C=O) groups is 1. The molecule has 0 radical (unpaired) electrons. The van der Waals surface area contributed by atoms with Crippen molar-refractivity contribution in [3.8, 4) is 0 Å². The second-order valence-corrected chi connectivity index (χ2v) is 5.27. The van der Waals surface area contributed by atoms with E-state index < -0.39 is 4.92 Å². The number of aliphatic hydroxyl groups is 1. The molecule has 1 aromatic carbocycles. The summed E-state index contributed by atoms with van der Waals surface area (Å²) in [5.74, 6) is -0.168. The Morgan fingerprint density at radius 3 is 2.80 bits per heavy atom. The lowest BCUT2D eigenvalue weighted by Crippen LogP contribution is -2.29. The van der Waals surface area contributed by atoms with Crippen LogP contribution in [0.5, 0.6) is 0 Å². The van der Waals surface area contributed by atoms with Gasteiger partial charge in [0.25, 0.3) is 11.6 Å². The second-order valence-electron chi connectivity index (χ2n) is 4.42. The molecule has 0 fully saturated rings. The van der Waals surface area contributed by atoms with Gasteiger partial charge in [-0.25, -0.2) is 0 Å². The number of benzene rings is 1. The Morgan fingerprint density at radius 1 is 1.55 bits per heavy atom. The summed E-state index contributed by atoms with van der Waals surface area (Å²) in [6.07, 6.45) is 1.46. The summed E-state index contributed by atoms with van der Waals surface area (Å²) in [6.45, 7) is 2.50. The molecule has 0 saturated heterocycles. The highest BCUT2D eigenvalue weighted by atomic mass is 79.9. The average molecular weight is 345 g/mol. The lowest BCUT2D eigenvalue weighted by molar-refractivity contribution is -0.384. The van der Waals surface area contributed by atoms with Crippen LogP contribution in [-0.4, -0.2) is 29.1 Å². The molecular weight excluding hydrogens is 328 g/mol. The molecule has 0 aliphatic rings. The number of nitro groups is 1. The molecule has 7 heteroatoms. The molecule has 0 aliphatic carbocycles. The average Bonchev–Trinajstić information content (AvgIpc) is 2.43. The van der Waals surface area contributed by atoms with Crippen molar-refractivity contribution >= 4 is 27.5 Å². The topological polar surface area (TPSA) is 92.5 Å². The predicted molar refractivity (Wildman–Crippen MR) is 78.6 cm³/mol. The number of carbonyl (C=O) groups excluding carboxylic acids is 1. The summed E-state index contributed by atoms with van der Waals surface area (Å²) < 4.78 is 0.510. The highest BCUT2D eigenvalue weighted by Gasteiger charge is 2.16. The van der Waals surface area contributed by atoms with Crippen LogP contribution in [0.15, 0.2) is 22.7 Å². The minimum absolute atomic E-state index is 0.0783. The monoisotopic (exact) mass is 344 g/mol. The Morgan fingerprint density at radius 2 is 2.25 bits per heavy atom. The van der Waals surface area contributed by atoms with Gasteiger partial charge >= 0.3 is 0 Å². The maximum absolute atomic E-state index is 12.0. The first-order valence-corrected chi connectivity index (χ1v) is 7.11. The molecule has 1 aromatic rings. The quantitative estimate of drug-likeness (QED) is 0.587. The summed E-state index contributed by atoms with van der Waals surface area (Å²) in [5, 5.41) is 22.4. The van der Waals surface area contributed by atoms with Gasteiger partial charge in [0, 0.05) is 29.8 Å². The molecule has 1 amide bonds. The Hall–Kier alpha value is -1.47. The Balaban J connectivity index is 2.76. The smallest absolute Gasteiger partial charge is 0.270 e. The van der Waals surface area contributed by atoms with Gasteiger partial charge in [0.2, 0.25) is 0 Å². The van der Waals surface area contributed by atoms with E-state index in [0.29, 0.717) is 17.4 Å². The molecular formula is C13H17BrN2O4. The number of rotatable bonds is 7. The Bertz CT molecular complexity index is 493. The number of aliphatic hydroxyl groups excluding tert-OH is 1. The minimum Gasteiger partial charge on any atom is -0.396 e. The van der Waals surface area contributed by atoms with E-state index in [4.69, 9.17) is 5.11 Å². The third kappa shape index (κ3) is 4.57. The lowest BCUT2D eigenvalue weighted by Gasteiger charge is -2.14. The predicted octanol–water partition coefficient (Wildman–Crippen LogP) is 2.50. The minimum atomic E-state index is -0.538. The number of hydrogen-bond donors (Lipinski definition) is 2. The Labute approximate surface area is 125 Å². The van der Waals surface area contributed by atoms with Crippen LogP contribution in [0.25, 0.3) is 0 Å². The summed E-state index contributed by atoms with van der Waals surface area (Å²) in [4.78, 5) is 22.2. The molecule has 0 aromatic heterocycles. The van der Waals surface area contributed by atoms with Crippen LogP contribution in [0.2, 0.25) is 0 Å². The van der Waals surface area contributed by atoms with Crippen molar-refractivity contribution in [1.82, 2.24) is 5.32 Å².